The first-order chi connectivity index (χ1) is 13.4. The van der Waals surface area contributed by atoms with E-state index in [1.54, 1.807) is 13.1 Å². The second kappa shape index (κ2) is 11.0. The number of hydrogen-bond acceptors (Lipinski definition) is 5. The molecule has 0 fully saturated rings. The highest BCUT2D eigenvalue weighted by Gasteiger charge is 2.09. The van der Waals surface area contributed by atoms with Crippen LogP contribution in [0, 0.1) is 0 Å². The molecule has 0 aliphatic heterocycles. The van der Waals surface area contributed by atoms with Crippen molar-refractivity contribution in [3.05, 3.63) is 47.6 Å². The molecule has 0 aliphatic carbocycles. The lowest BCUT2D eigenvalue weighted by Crippen LogP contribution is -2.30. The Labute approximate surface area is 172 Å². The zero-order valence-electron chi connectivity index (χ0n) is 17.0. The molecule has 1 N–H and O–H groups in total. The fourth-order valence-corrected chi connectivity index (χ4v) is 3.19. The van der Waals surface area contributed by atoms with Gasteiger partial charge in [-0.25, -0.2) is 4.79 Å². The van der Waals surface area contributed by atoms with Crippen molar-refractivity contribution in [1.82, 2.24) is 9.88 Å². The third kappa shape index (κ3) is 6.80. The molecule has 0 amide bonds. The van der Waals surface area contributed by atoms with Crippen LogP contribution < -0.4 is 5.32 Å². The summed E-state index contributed by atoms with van der Waals surface area (Å²) in [6.07, 6.45) is 3.91. The summed E-state index contributed by atoms with van der Waals surface area (Å²) in [6, 6.07) is 8.11. The fourth-order valence-electron chi connectivity index (χ4n) is 3.02. The summed E-state index contributed by atoms with van der Waals surface area (Å²) >= 11 is 6.06. The molecule has 2 rings (SSSR count). The lowest BCUT2D eigenvalue weighted by molar-refractivity contribution is -0.139. The second-order valence-electron chi connectivity index (χ2n) is 7.06. The number of likely N-dealkylation sites (N-methyl/N-ethyl adjacent to an activating group) is 1. The molecule has 0 aliphatic rings. The summed E-state index contributed by atoms with van der Waals surface area (Å²) < 4.78 is 5.18. The summed E-state index contributed by atoms with van der Waals surface area (Å²) in [6.45, 7) is 12.6. The van der Waals surface area contributed by atoms with Crippen molar-refractivity contribution < 1.29 is 9.53 Å². The Morgan fingerprint density at radius 2 is 2.14 bits per heavy atom. The number of ether oxygens (including phenoxy) is 1. The number of carbonyl (C=O) groups is 1. The molecule has 1 aromatic carbocycles. The number of esters is 1. The lowest BCUT2D eigenvalue weighted by atomic mass is 10.1. The number of benzene rings is 1. The minimum absolute atomic E-state index is 0.320. The van der Waals surface area contributed by atoms with E-state index in [0.717, 1.165) is 49.1 Å². The number of carbonyl (C=O) groups excluding carboxylic acids is 1. The third-order valence-electron chi connectivity index (χ3n) is 4.65. The summed E-state index contributed by atoms with van der Waals surface area (Å²) in [7, 11) is 0. The van der Waals surface area contributed by atoms with Crippen LogP contribution in [0.15, 0.2) is 42.6 Å². The van der Waals surface area contributed by atoms with Gasteiger partial charge < -0.3 is 15.0 Å². The minimum atomic E-state index is -0.320. The van der Waals surface area contributed by atoms with Crippen molar-refractivity contribution in [2.75, 3.05) is 31.6 Å². The summed E-state index contributed by atoms with van der Waals surface area (Å²) in [5.41, 5.74) is 2.41. The molecule has 0 saturated carbocycles. The Bertz CT molecular complexity index is 809. The molecule has 0 bridgehead atoms. The maximum atomic E-state index is 11.4. The first-order valence-corrected chi connectivity index (χ1v) is 10.1. The van der Waals surface area contributed by atoms with Gasteiger partial charge in [0.25, 0.3) is 0 Å². The molecule has 0 spiro atoms. The van der Waals surface area contributed by atoms with Gasteiger partial charge in [-0.15, -0.1) is 0 Å². The van der Waals surface area contributed by atoms with Crippen LogP contribution in [0.3, 0.4) is 0 Å². The van der Waals surface area contributed by atoms with Crippen LogP contribution >= 0.6 is 11.6 Å². The lowest BCUT2D eigenvalue weighted by Gasteiger charge is -2.22. The molecular formula is C22H30ClN3O2. The molecule has 1 aromatic heterocycles. The molecule has 152 valence electrons. The number of fused-ring (bicyclic) bond motifs is 1. The quantitative estimate of drug-likeness (QED) is 0.426. The van der Waals surface area contributed by atoms with Crippen molar-refractivity contribution in [2.45, 2.75) is 39.7 Å². The van der Waals surface area contributed by atoms with Gasteiger partial charge in [-0.05, 0) is 64.0 Å². The largest absolute Gasteiger partial charge is 0.461 e. The maximum Gasteiger partial charge on any atom is 0.333 e. The molecule has 0 saturated heterocycles. The standard InChI is InChI=1S/C22H30ClN3O2/c1-5-26(13-14-28-22(27)16(2)3)12-6-7-17(4)25-20-10-11-24-21-15-18(23)8-9-19(20)21/h8-11,15,17H,2,5-7,12-14H2,1,3-4H3,(H,24,25). The van der Waals surface area contributed by atoms with Gasteiger partial charge in [0.15, 0.2) is 0 Å². The van der Waals surface area contributed by atoms with E-state index in [1.165, 1.54) is 0 Å². The zero-order valence-corrected chi connectivity index (χ0v) is 17.8. The zero-order chi connectivity index (χ0) is 20.5. The first kappa shape index (κ1) is 22.2. The van der Waals surface area contributed by atoms with E-state index in [-0.39, 0.29) is 5.97 Å². The highest BCUT2D eigenvalue weighted by Crippen LogP contribution is 2.25. The van der Waals surface area contributed by atoms with Gasteiger partial charge in [0.1, 0.15) is 6.61 Å². The minimum Gasteiger partial charge on any atom is -0.461 e. The van der Waals surface area contributed by atoms with E-state index in [1.807, 2.05) is 24.3 Å². The third-order valence-corrected chi connectivity index (χ3v) is 4.89. The van der Waals surface area contributed by atoms with Gasteiger partial charge in [0.2, 0.25) is 0 Å². The maximum absolute atomic E-state index is 11.4. The van der Waals surface area contributed by atoms with Crippen LogP contribution in [-0.4, -0.2) is 48.1 Å². The van der Waals surface area contributed by atoms with Crippen LogP contribution in [0.1, 0.15) is 33.6 Å². The van der Waals surface area contributed by atoms with E-state index in [4.69, 9.17) is 16.3 Å². The SMILES string of the molecule is C=C(C)C(=O)OCCN(CC)CCCC(C)Nc1ccnc2cc(Cl)ccc12. The summed E-state index contributed by atoms with van der Waals surface area (Å²) in [5.74, 6) is -0.320. The Morgan fingerprint density at radius 1 is 1.36 bits per heavy atom. The number of hydrogen-bond donors (Lipinski definition) is 1. The van der Waals surface area contributed by atoms with Crippen LogP contribution in [0.25, 0.3) is 10.9 Å². The fraction of sp³-hybridized carbons (Fsp3) is 0.455. The molecule has 1 atom stereocenters. The first-order valence-electron chi connectivity index (χ1n) is 9.76. The topological polar surface area (TPSA) is 54.5 Å². The van der Waals surface area contributed by atoms with Gasteiger partial charge in [0, 0.05) is 40.5 Å². The van der Waals surface area contributed by atoms with Gasteiger partial charge in [-0.2, -0.15) is 0 Å². The monoisotopic (exact) mass is 403 g/mol. The van der Waals surface area contributed by atoms with E-state index < -0.39 is 0 Å². The number of aromatic nitrogens is 1. The highest BCUT2D eigenvalue weighted by molar-refractivity contribution is 6.31. The molecule has 0 radical (unpaired) electrons. The van der Waals surface area contributed by atoms with Crippen LogP contribution in [0.5, 0.6) is 0 Å². The predicted octanol–water partition coefficient (Wildman–Crippen LogP) is 4.91. The average Bonchev–Trinajstić information content (AvgIpc) is 2.66. The molecule has 5 nitrogen and oxygen atoms in total. The van der Waals surface area contributed by atoms with Crippen LogP contribution in [0.4, 0.5) is 5.69 Å². The normalized spacial score (nSPS) is 12.2. The predicted molar refractivity (Wildman–Crippen MR) is 117 cm³/mol. The Kier molecular flexibility index (Phi) is 8.74. The van der Waals surface area contributed by atoms with Crippen LogP contribution in [0.2, 0.25) is 5.02 Å². The Balaban J connectivity index is 1.78. The van der Waals surface area contributed by atoms with E-state index in [0.29, 0.717) is 23.2 Å². The number of nitrogens with zero attached hydrogens (tertiary/aromatic N) is 2. The Hall–Kier alpha value is -2.11. The smallest absolute Gasteiger partial charge is 0.333 e. The summed E-state index contributed by atoms with van der Waals surface area (Å²) in [4.78, 5) is 18.1. The number of anilines is 1. The van der Waals surface area contributed by atoms with Gasteiger partial charge in [-0.3, -0.25) is 4.98 Å². The number of halogens is 1. The van der Waals surface area contributed by atoms with Crippen molar-refractivity contribution in [3.63, 3.8) is 0 Å². The highest BCUT2D eigenvalue weighted by atomic mass is 35.5. The van der Waals surface area contributed by atoms with E-state index in [9.17, 15) is 4.79 Å². The number of pyridine rings is 1. The average molecular weight is 404 g/mol. The van der Waals surface area contributed by atoms with Crippen LogP contribution in [-0.2, 0) is 9.53 Å². The molecule has 1 unspecified atom stereocenters. The molecular weight excluding hydrogens is 374 g/mol. The van der Waals surface area contributed by atoms with Gasteiger partial charge in [0.05, 0.1) is 5.52 Å². The van der Waals surface area contributed by atoms with E-state index >= 15 is 0 Å². The van der Waals surface area contributed by atoms with Crippen molar-refractivity contribution >= 4 is 34.2 Å². The van der Waals surface area contributed by atoms with Crippen molar-refractivity contribution in [2.24, 2.45) is 0 Å². The molecule has 6 heteroatoms. The van der Waals surface area contributed by atoms with Gasteiger partial charge >= 0.3 is 5.97 Å². The van der Waals surface area contributed by atoms with Crippen molar-refractivity contribution in [1.29, 1.82) is 0 Å². The number of rotatable bonds is 11. The molecule has 1 heterocycles. The second-order valence-corrected chi connectivity index (χ2v) is 7.49. The Morgan fingerprint density at radius 3 is 2.86 bits per heavy atom. The van der Waals surface area contributed by atoms with E-state index in [2.05, 4.69) is 35.6 Å². The van der Waals surface area contributed by atoms with Crippen molar-refractivity contribution in [3.8, 4) is 0 Å². The summed E-state index contributed by atoms with van der Waals surface area (Å²) in [5, 5.41) is 5.36. The molecule has 2 aromatic rings. The van der Waals surface area contributed by atoms with Gasteiger partial charge in [-0.1, -0.05) is 25.1 Å². The molecule has 28 heavy (non-hydrogen) atoms. The number of nitrogens with one attached hydrogen (secondary N) is 1.